The van der Waals surface area contributed by atoms with Crippen LogP contribution in [-0.2, 0) is 12.8 Å². The largest absolute Gasteiger partial charge is 0.493 e. The Morgan fingerprint density at radius 1 is 1.40 bits per heavy atom. The van der Waals surface area contributed by atoms with Crippen LogP contribution in [0.1, 0.15) is 28.4 Å². The normalized spacial score (nSPS) is 14.8. The molecule has 4 heteroatoms. The van der Waals surface area contributed by atoms with Crippen LogP contribution in [0.3, 0.4) is 0 Å². The fourth-order valence-electron chi connectivity index (χ4n) is 2.65. The van der Waals surface area contributed by atoms with Gasteiger partial charge in [-0.1, -0.05) is 15.9 Å². The average Bonchev–Trinajstić information content (AvgIpc) is 2.86. The van der Waals surface area contributed by atoms with E-state index in [2.05, 4.69) is 33.0 Å². The Labute approximate surface area is 127 Å². The molecule has 3 rings (SSSR count). The molecule has 0 saturated heterocycles. The van der Waals surface area contributed by atoms with Gasteiger partial charge in [-0.3, -0.25) is 4.98 Å². The number of ether oxygens (including phenoxy) is 1. The van der Waals surface area contributed by atoms with Gasteiger partial charge >= 0.3 is 0 Å². The van der Waals surface area contributed by atoms with Gasteiger partial charge in [-0.15, -0.1) is 0 Å². The second-order valence-corrected chi connectivity index (χ2v) is 6.11. The van der Waals surface area contributed by atoms with Crippen LogP contribution in [0.2, 0.25) is 0 Å². The first kappa shape index (κ1) is 13.6. The fourth-order valence-corrected chi connectivity index (χ4v) is 3.20. The van der Waals surface area contributed by atoms with Crippen molar-refractivity contribution in [3.05, 3.63) is 57.3 Å². The molecule has 2 N–H and O–H groups in total. The molecule has 0 amide bonds. The molecule has 0 saturated carbocycles. The van der Waals surface area contributed by atoms with Crippen molar-refractivity contribution in [2.24, 2.45) is 5.73 Å². The van der Waals surface area contributed by atoms with E-state index in [-0.39, 0.29) is 6.04 Å². The molecule has 3 nitrogen and oxygen atoms in total. The summed E-state index contributed by atoms with van der Waals surface area (Å²) in [6, 6.07) is 8.23. The molecule has 1 aliphatic rings. The number of nitrogens with two attached hydrogens (primary N) is 1. The van der Waals surface area contributed by atoms with Crippen molar-refractivity contribution in [2.75, 3.05) is 6.61 Å². The van der Waals surface area contributed by atoms with Crippen molar-refractivity contribution in [2.45, 2.75) is 25.8 Å². The zero-order chi connectivity index (χ0) is 14.1. The van der Waals surface area contributed by atoms with Crippen molar-refractivity contribution < 1.29 is 4.74 Å². The number of fused-ring (bicyclic) bond motifs is 1. The van der Waals surface area contributed by atoms with Crippen LogP contribution in [0.25, 0.3) is 0 Å². The number of hydrogen-bond acceptors (Lipinski definition) is 3. The molecule has 2 heterocycles. The van der Waals surface area contributed by atoms with Gasteiger partial charge in [0.05, 0.1) is 6.61 Å². The lowest BCUT2D eigenvalue weighted by molar-refractivity contribution is 0.352. The molecular formula is C16H17BrN2O. The van der Waals surface area contributed by atoms with E-state index in [4.69, 9.17) is 10.5 Å². The molecule has 1 atom stereocenters. The number of benzene rings is 1. The minimum absolute atomic E-state index is 0.0423. The molecule has 1 aromatic carbocycles. The van der Waals surface area contributed by atoms with Gasteiger partial charge in [-0.25, -0.2) is 0 Å². The predicted molar refractivity (Wildman–Crippen MR) is 82.9 cm³/mol. The van der Waals surface area contributed by atoms with Gasteiger partial charge in [-0.05, 0) is 54.3 Å². The van der Waals surface area contributed by atoms with Crippen LogP contribution >= 0.6 is 15.9 Å². The van der Waals surface area contributed by atoms with Crippen molar-refractivity contribution in [3.63, 3.8) is 0 Å². The number of aryl methyl sites for hydroxylation is 1. The predicted octanol–water partition coefficient (Wildman–Crippen LogP) is 3.33. The second kappa shape index (κ2) is 5.54. The number of halogens is 1. The van der Waals surface area contributed by atoms with E-state index in [0.29, 0.717) is 0 Å². The van der Waals surface area contributed by atoms with Crippen LogP contribution in [0, 0.1) is 6.92 Å². The van der Waals surface area contributed by atoms with Gasteiger partial charge < -0.3 is 10.5 Å². The molecule has 2 aromatic rings. The minimum atomic E-state index is -0.0423. The summed E-state index contributed by atoms with van der Waals surface area (Å²) in [5, 5.41) is 0. The smallest absolute Gasteiger partial charge is 0.125 e. The van der Waals surface area contributed by atoms with Gasteiger partial charge in [-0.2, -0.15) is 0 Å². The van der Waals surface area contributed by atoms with Gasteiger partial charge in [0.2, 0.25) is 0 Å². The van der Waals surface area contributed by atoms with E-state index in [1.807, 2.05) is 25.3 Å². The SMILES string of the molecule is Cc1cc(C(N)Cc2cc(Br)cc3c2OCC3)ccn1. The summed E-state index contributed by atoms with van der Waals surface area (Å²) in [5.74, 6) is 1.02. The molecule has 0 fully saturated rings. The summed E-state index contributed by atoms with van der Waals surface area (Å²) in [6.45, 7) is 2.75. The van der Waals surface area contributed by atoms with Crippen molar-refractivity contribution in [1.29, 1.82) is 0 Å². The number of aromatic nitrogens is 1. The molecular weight excluding hydrogens is 316 g/mol. The maximum absolute atomic E-state index is 6.34. The summed E-state index contributed by atoms with van der Waals surface area (Å²) >= 11 is 3.57. The lowest BCUT2D eigenvalue weighted by Crippen LogP contribution is -2.14. The topological polar surface area (TPSA) is 48.1 Å². The molecule has 1 unspecified atom stereocenters. The third kappa shape index (κ3) is 2.72. The first-order valence-corrected chi connectivity index (χ1v) is 7.55. The maximum atomic E-state index is 6.34. The van der Waals surface area contributed by atoms with E-state index in [0.717, 1.165) is 40.9 Å². The number of hydrogen-bond donors (Lipinski definition) is 1. The van der Waals surface area contributed by atoms with Crippen LogP contribution < -0.4 is 10.5 Å². The van der Waals surface area contributed by atoms with E-state index in [9.17, 15) is 0 Å². The van der Waals surface area contributed by atoms with E-state index in [1.54, 1.807) is 0 Å². The van der Waals surface area contributed by atoms with Crippen molar-refractivity contribution >= 4 is 15.9 Å². The summed E-state index contributed by atoms with van der Waals surface area (Å²) in [4.78, 5) is 4.21. The van der Waals surface area contributed by atoms with E-state index < -0.39 is 0 Å². The van der Waals surface area contributed by atoms with Crippen molar-refractivity contribution in [1.82, 2.24) is 4.98 Å². The lowest BCUT2D eigenvalue weighted by atomic mass is 9.97. The van der Waals surface area contributed by atoms with Crippen LogP contribution in [-0.4, -0.2) is 11.6 Å². The summed E-state index contributed by atoms with van der Waals surface area (Å²) in [6.07, 6.45) is 3.56. The summed E-state index contributed by atoms with van der Waals surface area (Å²) in [7, 11) is 0. The first-order valence-electron chi connectivity index (χ1n) is 6.76. The second-order valence-electron chi connectivity index (χ2n) is 5.19. The Hall–Kier alpha value is -1.39. The number of rotatable bonds is 3. The third-order valence-corrected chi connectivity index (χ3v) is 4.07. The minimum Gasteiger partial charge on any atom is -0.493 e. The fraction of sp³-hybridized carbons (Fsp3) is 0.312. The van der Waals surface area contributed by atoms with Gasteiger partial charge in [0.1, 0.15) is 5.75 Å². The third-order valence-electron chi connectivity index (χ3n) is 3.61. The molecule has 1 aromatic heterocycles. The van der Waals surface area contributed by atoms with Gasteiger partial charge in [0.15, 0.2) is 0 Å². The molecule has 0 radical (unpaired) electrons. The zero-order valence-electron chi connectivity index (χ0n) is 11.4. The molecule has 104 valence electrons. The maximum Gasteiger partial charge on any atom is 0.125 e. The Morgan fingerprint density at radius 3 is 3.05 bits per heavy atom. The zero-order valence-corrected chi connectivity index (χ0v) is 13.0. The highest BCUT2D eigenvalue weighted by Crippen LogP contribution is 2.35. The van der Waals surface area contributed by atoms with Crippen LogP contribution in [0.5, 0.6) is 5.75 Å². The quantitative estimate of drug-likeness (QED) is 0.937. The Morgan fingerprint density at radius 2 is 2.25 bits per heavy atom. The highest BCUT2D eigenvalue weighted by molar-refractivity contribution is 9.10. The molecule has 1 aliphatic heterocycles. The molecule has 0 bridgehead atoms. The first-order chi connectivity index (χ1) is 9.63. The van der Waals surface area contributed by atoms with E-state index in [1.165, 1.54) is 11.1 Å². The Balaban J connectivity index is 1.88. The standard InChI is InChI=1S/C16H17BrN2O/c1-10-6-11(2-4-19-10)15(18)9-13-8-14(17)7-12-3-5-20-16(12)13/h2,4,6-8,15H,3,5,9,18H2,1H3. The Bertz CT molecular complexity index is 642. The molecule has 0 spiro atoms. The monoisotopic (exact) mass is 332 g/mol. The van der Waals surface area contributed by atoms with E-state index >= 15 is 0 Å². The lowest BCUT2D eigenvalue weighted by Gasteiger charge is -2.15. The van der Waals surface area contributed by atoms with Crippen LogP contribution in [0.15, 0.2) is 34.9 Å². The number of pyridine rings is 1. The van der Waals surface area contributed by atoms with Gasteiger partial charge in [0.25, 0.3) is 0 Å². The van der Waals surface area contributed by atoms with Gasteiger partial charge in [0, 0.05) is 28.8 Å². The highest BCUT2D eigenvalue weighted by atomic mass is 79.9. The molecule has 20 heavy (non-hydrogen) atoms. The van der Waals surface area contributed by atoms with Crippen molar-refractivity contribution in [3.8, 4) is 5.75 Å². The Kier molecular flexibility index (Phi) is 3.76. The summed E-state index contributed by atoms with van der Waals surface area (Å²) < 4.78 is 6.85. The summed E-state index contributed by atoms with van der Waals surface area (Å²) in [5.41, 5.74) is 10.9. The molecule has 0 aliphatic carbocycles. The highest BCUT2D eigenvalue weighted by Gasteiger charge is 2.19. The van der Waals surface area contributed by atoms with Crippen LogP contribution in [0.4, 0.5) is 0 Å². The average molecular weight is 333 g/mol. The number of nitrogens with zero attached hydrogens (tertiary/aromatic N) is 1.